The van der Waals surface area contributed by atoms with Crippen molar-refractivity contribution in [2.24, 2.45) is 0 Å². The molecule has 0 saturated heterocycles. The molecular weight excluding hydrogens is 228 g/mol. The van der Waals surface area contributed by atoms with Gasteiger partial charge in [0.2, 0.25) is 5.91 Å². The normalized spacial score (nSPS) is 16.6. The standard InChI is InChI=1S/C14H20N2O2/c1-10(17)8-15-9-11-3-5-13-12(7-11)4-6-14(18)16(13)2/h3,5,7,10,15,17H,4,6,8-9H2,1-2H3/t10-/m1/s1. The van der Waals surface area contributed by atoms with E-state index in [0.29, 0.717) is 13.0 Å². The monoisotopic (exact) mass is 248 g/mol. The number of benzene rings is 1. The second-order valence-electron chi connectivity index (χ2n) is 4.90. The zero-order valence-corrected chi connectivity index (χ0v) is 10.9. The molecule has 18 heavy (non-hydrogen) atoms. The number of nitrogens with zero attached hydrogens (tertiary/aromatic N) is 1. The fourth-order valence-corrected chi connectivity index (χ4v) is 2.25. The number of amides is 1. The van der Waals surface area contributed by atoms with Crippen LogP contribution in [-0.2, 0) is 17.8 Å². The van der Waals surface area contributed by atoms with Gasteiger partial charge in [0.25, 0.3) is 0 Å². The number of hydrogen-bond acceptors (Lipinski definition) is 3. The highest BCUT2D eigenvalue weighted by Gasteiger charge is 2.20. The number of nitrogens with one attached hydrogen (secondary N) is 1. The van der Waals surface area contributed by atoms with Crippen LogP contribution < -0.4 is 10.2 Å². The second-order valence-corrected chi connectivity index (χ2v) is 4.90. The van der Waals surface area contributed by atoms with E-state index in [1.165, 1.54) is 11.1 Å². The number of anilines is 1. The summed E-state index contributed by atoms with van der Waals surface area (Å²) in [6.45, 7) is 3.10. The van der Waals surface area contributed by atoms with Crippen LogP contribution in [0.15, 0.2) is 18.2 Å². The predicted molar refractivity (Wildman–Crippen MR) is 71.6 cm³/mol. The number of fused-ring (bicyclic) bond motifs is 1. The van der Waals surface area contributed by atoms with E-state index in [-0.39, 0.29) is 12.0 Å². The molecule has 2 rings (SSSR count). The van der Waals surface area contributed by atoms with Crippen molar-refractivity contribution in [2.45, 2.75) is 32.4 Å². The first kappa shape index (κ1) is 13.1. The number of aryl methyl sites for hydroxylation is 1. The van der Waals surface area contributed by atoms with Crippen molar-refractivity contribution >= 4 is 11.6 Å². The molecule has 0 bridgehead atoms. The van der Waals surface area contributed by atoms with Crippen LogP contribution in [0.2, 0.25) is 0 Å². The minimum atomic E-state index is -0.327. The molecule has 0 aliphatic carbocycles. The maximum absolute atomic E-state index is 11.6. The molecule has 1 aromatic rings. The highest BCUT2D eigenvalue weighted by atomic mass is 16.3. The maximum Gasteiger partial charge on any atom is 0.227 e. The summed E-state index contributed by atoms with van der Waals surface area (Å²) in [5.74, 6) is 0.183. The van der Waals surface area contributed by atoms with Crippen LogP contribution in [0.5, 0.6) is 0 Å². The Bertz CT molecular complexity index is 443. The average molecular weight is 248 g/mol. The van der Waals surface area contributed by atoms with E-state index in [2.05, 4.69) is 11.4 Å². The molecule has 0 unspecified atom stereocenters. The van der Waals surface area contributed by atoms with Crippen molar-refractivity contribution in [3.63, 3.8) is 0 Å². The quantitative estimate of drug-likeness (QED) is 0.838. The summed E-state index contributed by atoms with van der Waals surface area (Å²) in [6.07, 6.45) is 1.09. The van der Waals surface area contributed by atoms with E-state index in [1.807, 2.05) is 19.2 Å². The molecule has 0 radical (unpaired) electrons. The summed E-state index contributed by atoms with van der Waals surface area (Å²) < 4.78 is 0. The molecule has 1 aliphatic rings. The second kappa shape index (κ2) is 5.50. The number of hydrogen-bond donors (Lipinski definition) is 2. The molecule has 1 heterocycles. The van der Waals surface area contributed by atoms with Crippen LogP contribution in [-0.4, -0.2) is 30.7 Å². The molecule has 1 aromatic carbocycles. The van der Waals surface area contributed by atoms with Gasteiger partial charge in [0.05, 0.1) is 6.10 Å². The molecule has 0 saturated carbocycles. The average Bonchev–Trinajstić information content (AvgIpc) is 2.33. The summed E-state index contributed by atoms with van der Waals surface area (Å²) in [5.41, 5.74) is 3.44. The summed E-state index contributed by atoms with van der Waals surface area (Å²) in [6, 6.07) is 6.18. The molecule has 1 amide bonds. The smallest absolute Gasteiger partial charge is 0.227 e. The minimum absolute atomic E-state index is 0.183. The lowest BCUT2D eigenvalue weighted by atomic mass is 9.99. The van der Waals surface area contributed by atoms with Gasteiger partial charge < -0.3 is 15.3 Å². The molecule has 0 spiro atoms. The Morgan fingerprint density at radius 1 is 1.44 bits per heavy atom. The van der Waals surface area contributed by atoms with Gasteiger partial charge in [-0.05, 0) is 30.5 Å². The molecule has 1 aliphatic heterocycles. The zero-order valence-electron chi connectivity index (χ0n) is 10.9. The Hall–Kier alpha value is -1.39. The number of carbonyl (C=O) groups is 1. The topological polar surface area (TPSA) is 52.6 Å². The third-order valence-electron chi connectivity index (χ3n) is 3.26. The first-order valence-corrected chi connectivity index (χ1v) is 6.35. The maximum atomic E-state index is 11.6. The van der Waals surface area contributed by atoms with E-state index in [1.54, 1.807) is 11.8 Å². The van der Waals surface area contributed by atoms with Crippen molar-refractivity contribution in [1.29, 1.82) is 0 Å². The molecular formula is C14H20N2O2. The molecule has 2 N–H and O–H groups in total. The Kier molecular flexibility index (Phi) is 3.99. The van der Waals surface area contributed by atoms with Crippen molar-refractivity contribution in [1.82, 2.24) is 5.32 Å². The lowest BCUT2D eigenvalue weighted by Crippen LogP contribution is -2.31. The van der Waals surface area contributed by atoms with Gasteiger partial charge in [-0.3, -0.25) is 4.79 Å². The van der Waals surface area contributed by atoms with Crippen molar-refractivity contribution in [3.8, 4) is 0 Å². The van der Waals surface area contributed by atoms with E-state index in [9.17, 15) is 9.90 Å². The Morgan fingerprint density at radius 2 is 2.22 bits per heavy atom. The largest absolute Gasteiger partial charge is 0.392 e. The van der Waals surface area contributed by atoms with Crippen molar-refractivity contribution in [2.75, 3.05) is 18.5 Å². The van der Waals surface area contributed by atoms with E-state index < -0.39 is 0 Å². The highest BCUT2D eigenvalue weighted by molar-refractivity contribution is 5.95. The van der Waals surface area contributed by atoms with Gasteiger partial charge in [-0.2, -0.15) is 0 Å². The van der Waals surface area contributed by atoms with Crippen LogP contribution in [0.3, 0.4) is 0 Å². The predicted octanol–water partition coefficient (Wildman–Crippen LogP) is 1.07. The van der Waals surface area contributed by atoms with Crippen LogP contribution >= 0.6 is 0 Å². The first-order chi connectivity index (χ1) is 8.58. The van der Waals surface area contributed by atoms with Gasteiger partial charge in [-0.1, -0.05) is 12.1 Å². The van der Waals surface area contributed by atoms with Gasteiger partial charge in [-0.25, -0.2) is 0 Å². The molecule has 4 nitrogen and oxygen atoms in total. The van der Waals surface area contributed by atoms with Gasteiger partial charge in [0, 0.05) is 32.2 Å². The van der Waals surface area contributed by atoms with E-state index in [0.717, 1.165) is 18.7 Å². The lowest BCUT2D eigenvalue weighted by molar-refractivity contribution is -0.118. The van der Waals surface area contributed by atoms with Crippen molar-refractivity contribution < 1.29 is 9.90 Å². The SMILES string of the molecule is C[C@@H](O)CNCc1ccc2c(c1)CCC(=O)N2C. The summed E-state index contributed by atoms with van der Waals surface area (Å²) in [5, 5.41) is 12.4. The Morgan fingerprint density at radius 3 is 2.94 bits per heavy atom. The van der Waals surface area contributed by atoms with Crippen LogP contribution in [0.4, 0.5) is 5.69 Å². The fraction of sp³-hybridized carbons (Fsp3) is 0.500. The van der Waals surface area contributed by atoms with E-state index in [4.69, 9.17) is 0 Å². The van der Waals surface area contributed by atoms with Gasteiger partial charge in [0.15, 0.2) is 0 Å². The van der Waals surface area contributed by atoms with Crippen LogP contribution in [0, 0.1) is 0 Å². The molecule has 1 atom stereocenters. The third-order valence-corrected chi connectivity index (χ3v) is 3.26. The van der Waals surface area contributed by atoms with Gasteiger partial charge >= 0.3 is 0 Å². The summed E-state index contributed by atoms with van der Waals surface area (Å²) >= 11 is 0. The van der Waals surface area contributed by atoms with Crippen molar-refractivity contribution in [3.05, 3.63) is 29.3 Å². The number of aliphatic hydroxyl groups excluding tert-OH is 1. The lowest BCUT2D eigenvalue weighted by Gasteiger charge is -2.26. The summed E-state index contributed by atoms with van der Waals surface area (Å²) in [4.78, 5) is 13.3. The Labute approximate surface area is 108 Å². The first-order valence-electron chi connectivity index (χ1n) is 6.35. The highest BCUT2D eigenvalue weighted by Crippen LogP contribution is 2.27. The fourth-order valence-electron chi connectivity index (χ4n) is 2.25. The summed E-state index contributed by atoms with van der Waals surface area (Å²) in [7, 11) is 1.83. The van der Waals surface area contributed by atoms with Crippen LogP contribution in [0.1, 0.15) is 24.5 Å². The molecule has 0 fully saturated rings. The number of carbonyl (C=O) groups excluding carboxylic acids is 1. The molecule has 98 valence electrons. The van der Waals surface area contributed by atoms with Gasteiger partial charge in [-0.15, -0.1) is 0 Å². The molecule has 4 heteroatoms. The minimum Gasteiger partial charge on any atom is -0.392 e. The number of aliphatic hydroxyl groups is 1. The molecule has 0 aromatic heterocycles. The Balaban J connectivity index is 2.06. The van der Waals surface area contributed by atoms with E-state index >= 15 is 0 Å². The van der Waals surface area contributed by atoms with Crippen LogP contribution in [0.25, 0.3) is 0 Å². The number of rotatable bonds is 4. The third kappa shape index (κ3) is 2.89. The van der Waals surface area contributed by atoms with Gasteiger partial charge in [0.1, 0.15) is 0 Å². The zero-order chi connectivity index (χ0) is 13.1.